The Hall–Kier alpha value is -1.70. The highest BCUT2D eigenvalue weighted by Crippen LogP contribution is 2.16. The summed E-state index contributed by atoms with van der Waals surface area (Å²) in [5.41, 5.74) is 0.775. The van der Waals surface area contributed by atoms with E-state index in [2.05, 4.69) is 0 Å². The summed E-state index contributed by atoms with van der Waals surface area (Å²) in [6, 6.07) is 6.54. The maximum atomic E-state index is 12.4. The Bertz CT molecular complexity index is 665. The van der Waals surface area contributed by atoms with E-state index in [0.29, 0.717) is 26.2 Å². The van der Waals surface area contributed by atoms with Gasteiger partial charge in [-0.25, -0.2) is 8.42 Å². The van der Waals surface area contributed by atoms with Crippen LogP contribution in [0, 0.1) is 0 Å². The molecule has 0 aromatic heterocycles. The third-order valence-corrected chi connectivity index (χ3v) is 5.92. The van der Waals surface area contributed by atoms with Crippen LogP contribution in [-0.4, -0.2) is 63.9 Å². The quantitative estimate of drug-likeness (QED) is 0.469. The van der Waals surface area contributed by atoms with Gasteiger partial charge < -0.3 is 9.64 Å². The lowest BCUT2D eigenvalue weighted by Gasteiger charge is -2.18. The molecule has 0 saturated carbocycles. The van der Waals surface area contributed by atoms with Gasteiger partial charge in [0.05, 0.1) is 4.90 Å². The summed E-state index contributed by atoms with van der Waals surface area (Å²) in [6.45, 7) is 5.73. The molecule has 6 nitrogen and oxygen atoms in total. The van der Waals surface area contributed by atoms with Crippen molar-refractivity contribution in [3.63, 3.8) is 0 Å². The lowest BCUT2D eigenvalue weighted by Crippen LogP contribution is -2.30. The fourth-order valence-electron chi connectivity index (χ4n) is 2.31. The van der Waals surface area contributed by atoms with Crippen molar-refractivity contribution in [2.45, 2.75) is 25.2 Å². The zero-order chi connectivity index (χ0) is 18.9. The third kappa shape index (κ3) is 6.26. The standard InChI is InChI=1S/C18H28N2O4S/c1-5-20(6-2)25(22,23)17-11-8-16(9-12-17)10-13-18(21)19(3)14-7-15-24-4/h8-13H,5-7,14-15H2,1-4H3/b13-10+. The average Bonchev–Trinajstić information content (AvgIpc) is 2.61. The average molecular weight is 368 g/mol. The van der Waals surface area contributed by atoms with E-state index in [-0.39, 0.29) is 10.8 Å². The van der Waals surface area contributed by atoms with Gasteiger partial charge in [0, 0.05) is 46.5 Å². The topological polar surface area (TPSA) is 66.9 Å². The van der Waals surface area contributed by atoms with Crippen molar-refractivity contribution < 1.29 is 17.9 Å². The normalized spacial score (nSPS) is 12.0. The van der Waals surface area contributed by atoms with Gasteiger partial charge in [0.25, 0.3) is 0 Å². The van der Waals surface area contributed by atoms with Gasteiger partial charge in [-0.2, -0.15) is 4.31 Å². The minimum absolute atomic E-state index is 0.101. The number of carbonyl (C=O) groups excluding carboxylic acids is 1. The summed E-state index contributed by atoms with van der Waals surface area (Å²) in [4.78, 5) is 13.9. The van der Waals surface area contributed by atoms with Crippen LogP contribution in [0.4, 0.5) is 0 Å². The first kappa shape index (κ1) is 21.3. The lowest BCUT2D eigenvalue weighted by atomic mass is 10.2. The number of amides is 1. The molecule has 25 heavy (non-hydrogen) atoms. The van der Waals surface area contributed by atoms with E-state index in [1.54, 1.807) is 49.4 Å². The molecule has 0 saturated heterocycles. The number of likely N-dealkylation sites (N-methyl/N-ethyl adjacent to an activating group) is 1. The lowest BCUT2D eigenvalue weighted by molar-refractivity contribution is -0.124. The van der Waals surface area contributed by atoms with E-state index in [4.69, 9.17) is 4.74 Å². The van der Waals surface area contributed by atoms with E-state index >= 15 is 0 Å². The number of hydrogen-bond acceptors (Lipinski definition) is 4. The zero-order valence-electron chi connectivity index (χ0n) is 15.4. The van der Waals surface area contributed by atoms with Gasteiger partial charge in [0.2, 0.25) is 15.9 Å². The third-order valence-electron chi connectivity index (χ3n) is 3.86. The Labute approximate surface area is 151 Å². The predicted octanol–water partition coefficient (Wildman–Crippen LogP) is 2.23. The minimum Gasteiger partial charge on any atom is -0.385 e. The van der Waals surface area contributed by atoms with Crippen molar-refractivity contribution in [3.8, 4) is 0 Å². The SMILES string of the molecule is CCN(CC)S(=O)(=O)c1ccc(/C=C/C(=O)N(C)CCCOC)cc1. The van der Waals surface area contributed by atoms with E-state index < -0.39 is 10.0 Å². The molecule has 140 valence electrons. The highest BCUT2D eigenvalue weighted by Gasteiger charge is 2.20. The van der Waals surface area contributed by atoms with Crippen LogP contribution in [0.15, 0.2) is 35.2 Å². The van der Waals surface area contributed by atoms with Crippen LogP contribution < -0.4 is 0 Å². The van der Waals surface area contributed by atoms with Gasteiger partial charge >= 0.3 is 0 Å². The van der Waals surface area contributed by atoms with E-state index in [9.17, 15) is 13.2 Å². The molecule has 0 aliphatic rings. The number of benzene rings is 1. The first-order valence-corrected chi connectivity index (χ1v) is 9.83. The van der Waals surface area contributed by atoms with Crippen LogP contribution >= 0.6 is 0 Å². The molecule has 1 rings (SSSR count). The van der Waals surface area contributed by atoms with Gasteiger partial charge in [0.15, 0.2) is 0 Å². The Morgan fingerprint density at radius 3 is 2.28 bits per heavy atom. The zero-order valence-corrected chi connectivity index (χ0v) is 16.3. The summed E-state index contributed by atoms with van der Waals surface area (Å²) in [5, 5.41) is 0. The van der Waals surface area contributed by atoms with Crippen molar-refractivity contribution in [3.05, 3.63) is 35.9 Å². The Morgan fingerprint density at radius 1 is 1.16 bits per heavy atom. The molecule has 0 heterocycles. The van der Waals surface area contributed by atoms with Crippen molar-refractivity contribution in [1.82, 2.24) is 9.21 Å². The van der Waals surface area contributed by atoms with Gasteiger partial charge in [-0.3, -0.25) is 4.79 Å². The number of nitrogens with zero attached hydrogens (tertiary/aromatic N) is 2. The van der Waals surface area contributed by atoms with Gasteiger partial charge in [-0.1, -0.05) is 26.0 Å². The largest absolute Gasteiger partial charge is 0.385 e. The van der Waals surface area contributed by atoms with E-state index in [1.165, 1.54) is 10.4 Å². The molecule has 0 radical (unpaired) electrons. The van der Waals surface area contributed by atoms with E-state index in [1.807, 2.05) is 13.8 Å². The predicted molar refractivity (Wildman–Crippen MR) is 99.7 cm³/mol. The Balaban J connectivity index is 2.75. The summed E-state index contributed by atoms with van der Waals surface area (Å²) >= 11 is 0. The van der Waals surface area contributed by atoms with Crippen LogP contribution in [0.3, 0.4) is 0 Å². The fraction of sp³-hybridized carbons (Fsp3) is 0.500. The summed E-state index contributed by atoms with van der Waals surface area (Å²) in [7, 11) is -0.0843. The molecule has 1 aromatic carbocycles. The summed E-state index contributed by atoms with van der Waals surface area (Å²) in [5.74, 6) is -0.101. The second-order valence-corrected chi connectivity index (χ2v) is 7.54. The summed E-state index contributed by atoms with van der Waals surface area (Å²) in [6.07, 6.45) is 3.95. The maximum absolute atomic E-state index is 12.4. The van der Waals surface area contributed by atoms with Crippen LogP contribution in [0.5, 0.6) is 0 Å². The van der Waals surface area contributed by atoms with Crippen LogP contribution in [0.25, 0.3) is 6.08 Å². The second kappa shape index (κ2) is 10.3. The van der Waals surface area contributed by atoms with Crippen LogP contribution in [-0.2, 0) is 19.6 Å². The molecular formula is C18H28N2O4S. The molecule has 0 spiro atoms. The monoisotopic (exact) mass is 368 g/mol. The Kier molecular flexibility index (Phi) is 8.82. The molecule has 0 N–H and O–H groups in total. The molecule has 1 aromatic rings. The van der Waals surface area contributed by atoms with Gasteiger partial charge in [-0.05, 0) is 30.2 Å². The smallest absolute Gasteiger partial charge is 0.246 e. The molecule has 7 heteroatoms. The van der Waals surface area contributed by atoms with Crippen molar-refractivity contribution in [1.29, 1.82) is 0 Å². The number of ether oxygens (including phenoxy) is 1. The number of hydrogen-bond donors (Lipinski definition) is 0. The molecular weight excluding hydrogens is 340 g/mol. The molecule has 1 amide bonds. The fourth-order valence-corrected chi connectivity index (χ4v) is 3.77. The van der Waals surface area contributed by atoms with Crippen LogP contribution in [0.2, 0.25) is 0 Å². The van der Waals surface area contributed by atoms with Crippen molar-refractivity contribution >= 4 is 22.0 Å². The second-order valence-electron chi connectivity index (χ2n) is 5.60. The van der Waals surface area contributed by atoms with E-state index in [0.717, 1.165) is 12.0 Å². The molecule has 0 aliphatic carbocycles. The highest BCUT2D eigenvalue weighted by molar-refractivity contribution is 7.89. The number of rotatable bonds is 10. The van der Waals surface area contributed by atoms with Crippen molar-refractivity contribution in [2.75, 3.05) is 40.4 Å². The number of sulfonamides is 1. The maximum Gasteiger partial charge on any atom is 0.246 e. The van der Waals surface area contributed by atoms with Crippen molar-refractivity contribution in [2.24, 2.45) is 0 Å². The molecule has 0 atom stereocenters. The Morgan fingerprint density at radius 2 is 1.76 bits per heavy atom. The molecule has 0 fully saturated rings. The van der Waals surface area contributed by atoms with Gasteiger partial charge in [-0.15, -0.1) is 0 Å². The number of methoxy groups -OCH3 is 1. The molecule has 0 aliphatic heterocycles. The van der Waals surface area contributed by atoms with Crippen LogP contribution in [0.1, 0.15) is 25.8 Å². The summed E-state index contributed by atoms with van der Waals surface area (Å²) < 4.78 is 31.2. The minimum atomic E-state index is -3.45. The molecule has 0 bridgehead atoms. The first-order valence-electron chi connectivity index (χ1n) is 8.39. The molecule has 0 unspecified atom stereocenters. The first-order chi connectivity index (χ1) is 11.9. The highest BCUT2D eigenvalue weighted by atomic mass is 32.2. The number of carbonyl (C=O) groups is 1. The van der Waals surface area contributed by atoms with Gasteiger partial charge in [0.1, 0.15) is 0 Å².